The normalized spacial score (nSPS) is 10.9. The van der Waals surface area contributed by atoms with Gasteiger partial charge in [-0.3, -0.25) is 14.7 Å². The van der Waals surface area contributed by atoms with Crippen LogP contribution in [0.5, 0.6) is 5.75 Å². The number of carbonyl (C=O) groups excluding carboxylic acids is 1. The van der Waals surface area contributed by atoms with E-state index in [2.05, 4.69) is 9.88 Å². The number of hydrogen-bond donors (Lipinski definition) is 1. The molecule has 0 spiro atoms. The van der Waals surface area contributed by atoms with Crippen LogP contribution in [-0.2, 0) is 13.1 Å². The number of nitrogens with zero attached hydrogens (tertiary/aromatic N) is 2. The van der Waals surface area contributed by atoms with E-state index >= 15 is 0 Å². The van der Waals surface area contributed by atoms with Crippen LogP contribution in [0, 0.1) is 6.92 Å². The summed E-state index contributed by atoms with van der Waals surface area (Å²) in [6, 6.07) is 10.9. The van der Waals surface area contributed by atoms with Gasteiger partial charge in [-0.1, -0.05) is 6.07 Å². The fourth-order valence-electron chi connectivity index (χ4n) is 2.24. The van der Waals surface area contributed by atoms with Crippen LogP contribution in [0.4, 0.5) is 0 Å². The third-order valence-corrected chi connectivity index (χ3v) is 3.30. The first-order valence-corrected chi connectivity index (χ1v) is 6.89. The summed E-state index contributed by atoms with van der Waals surface area (Å²) in [4.78, 5) is 17.9. The van der Waals surface area contributed by atoms with Gasteiger partial charge in [-0.25, -0.2) is 0 Å². The van der Waals surface area contributed by atoms with Crippen LogP contribution in [-0.4, -0.2) is 27.8 Å². The van der Waals surface area contributed by atoms with Crippen molar-refractivity contribution in [2.24, 2.45) is 0 Å². The van der Waals surface area contributed by atoms with Crippen molar-refractivity contribution in [1.82, 2.24) is 9.88 Å². The molecule has 0 saturated heterocycles. The highest BCUT2D eigenvalue weighted by molar-refractivity contribution is 5.94. The molecule has 0 amide bonds. The maximum Gasteiger partial charge on any atom is 0.159 e. The molecule has 1 aromatic carbocycles. The van der Waals surface area contributed by atoms with E-state index in [0.717, 1.165) is 17.0 Å². The van der Waals surface area contributed by atoms with Gasteiger partial charge in [-0.15, -0.1) is 0 Å². The van der Waals surface area contributed by atoms with E-state index in [1.165, 1.54) is 6.92 Å². The molecule has 0 saturated carbocycles. The van der Waals surface area contributed by atoms with Gasteiger partial charge >= 0.3 is 0 Å². The summed E-state index contributed by atoms with van der Waals surface area (Å²) in [6.07, 6.45) is 0. The molecule has 0 aliphatic rings. The van der Waals surface area contributed by atoms with Crippen LogP contribution in [0.2, 0.25) is 0 Å². The standard InChI is InChI=1S/C17H20N2O2/c1-12-5-4-6-16(18-12)11-19(3)10-15-9-14(13(2)20)7-8-17(15)21/h4-9,21H,10-11H2,1-3H3. The molecular formula is C17H20N2O2. The Morgan fingerprint density at radius 2 is 2.00 bits per heavy atom. The average Bonchev–Trinajstić information content (AvgIpc) is 2.41. The second-order valence-corrected chi connectivity index (χ2v) is 5.34. The smallest absolute Gasteiger partial charge is 0.159 e. The summed E-state index contributed by atoms with van der Waals surface area (Å²) in [5.74, 6) is 0.211. The summed E-state index contributed by atoms with van der Waals surface area (Å²) in [6.45, 7) is 4.73. The molecule has 0 bridgehead atoms. The Morgan fingerprint density at radius 3 is 2.67 bits per heavy atom. The number of benzene rings is 1. The summed E-state index contributed by atoms with van der Waals surface area (Å²) < 4.78 is 0. The lowest BCUT2D eigenvalue weighted by Gasteiger charge is -2.17. The third-order valence-electron chi connectivity index (χ3n) is 3.30. The number of aryl methyl sites for hydroxylation is 1. The first kappa shape index (κ1) is 15.2. The number of phenolic OH excluding ortho intramolecular Hbond substituents is 1. The lowest BCUT2D eigenvalue weighted by atomic mass is 10.1. The van der Waals surface area contributed by atoms with Gasteiger partial charge in [0.25, 0.3) is 0 Å². The molecule has 0 fully saturated rings. The zero-order valence-corrected chi connectivity index (χ0v) is 12.6. The average molecular weight is 284 g/mol. The van der Waals surface area contributed by atoms with Gasteiger partial charge in [0.2, 0.25) is 0 Å². The number of rotatable bonds is 5. The SMILES string of the molecule is CC(=O)c1ccc(O)c(CN(C)Cc2cccc(C)n2)c1. The Kier molecular flexibility index (Phi) is 4.70. The molecule has 0 atom stereocenters. The fourth-order valence-corrected chi connectivity index (χ4v) is 2.24. The van der Waals surface area contributed by atoms with E-state index in [-0.39, 0.29) is 11.5 Å². The highest BCUT2D eigenvalue weighted by Crippen LogP contribution is 2.21. The van der Waals surface area contributed by atoms with Crippen LogP contribution in [0.3, 0.4) is 0 Å². The Bertz CT molecular complexity index is 653. The molecule has 0 aliphatic heterocycles. The minimum Gasteiger partial charge on any atom is -0.508 e. The van der Waals surface area contributed by atoms with E-state index in [1.54, 1.807) is 18.2 Å². The summed E-state index contributed by atoms with van der Waals surface area (Å²) in [5, 5.41) is 9.92. The van der Waals surface area contributed by atoms with Crippen molar-refractivity contribution in [2.45, 2.75) is 26.9 Å². The summed E-state index contributed by atoms with van der Waals surface area (Å²) in [5.41, 5.74) is 3.34. The van der Waals surface area contributed by atoms with Crippen LogP contribution in [0.15, 0.2) is 36.4 Å². The topological polar surface area (TPSA) is 53.4 Å². The zero-order chi connectivity index (χ0) is 15.4. The van der Waals surface area contributed by atoms with Crippen LogP contribution in [0.25, 0.3) is 0 Å². The number of phenols is 1. The van der Waals surface area contributed by atoms with E-state index < -0.39 is 0 Å². The van der Waals surface area contributed by atoms with Crippen molar-refractivity contribution in [2.75, 3.05) is 7.05 Å². The molecular weight excluding hydrogens is 264 g/mol. The quantitative estimate of drug-likeness (QED) is 0.858. The Labute approximate surface area is 125 Å². The lowest BCUT2D eigenvalue weighted by molar-refractivity contribution is 0.101. The van der Waals surface area contributed by atoms with Gasteiger partial charge in [0.05, 0.1) is 5.69 Å². The van der Waals surface area contributed by atoms with Crippen LogP contribution < -0.4 is 0 Å². The predicted molar refractivity (Wildman–Crippen MR) is 82.3 cm³/mol. The number of hydrogen-bond acceptors (Lipinski definition) is 4. The Hall–Kier alpha value is -2.20. The van der Waals surface area contributed by atoms with Crippen molar-refractivity contribution in [1.29, 1.82) is 0 Å². The number of Topliss-reactive ketones (excluding diaryl/α,β-unsaturated/α-hetero) is 1. The van der Waals surface area contributed by atoms with Crippen molar-refractivity contribution in [3.05, 3.63) is 58.9 Å². The Balaban J connectivity index is 2.10. The molecule has 0 aliphatic carbocycles. The molecule has 0 radical (unpaired) electrons. The summed E-state index contributed by atoms with van der Waals surface area (Å²) >= 11 is 0. The second kappa shape index (κ2) is 6.50. The minimum atomic E-state index is -0.000691. The molecule has 1 N–H and O–H groups in total. The van der Waals surface area contributed by atoms with Crippen LogP contribution >= 0.6 is 0 Å². The highest BCUT2D eigenvalue weighted by atomic mass is 16.3. The maximum absolute atomic E-state index is 11.4. The maximum atomic E-state index is 11.4. The number of pyridine rings is 1. The number of aromatic hydroxyl groups is 1. The van der Waals surface area contributed by atoms with Gasteiger partial charge < -0.3 is 5.11 Å². The van der Waals surface area contributed by atoms with Gasteiger partial charge in [0.1, 0.15) is 5.75 Å². The van der Waals surface area contributed by atoms with Gasteiger partial charge in [-0.05, 0) is 51.2 Å². The molecule has 4 nitrogen and oxygen atoms in total. The molecule has 1 aromatic heterocycles. The lowest BCUT2D eigenvalue weighted by Crippen LogP contribution is -2.18. The van der Waals surface area contributed by atoms with E-state index in [9.17, 15) is 9.90 Å². The van der Waals surface area contributed by atoms with Gasteiger partial charge in [0.15, 0.2) is 5.78 Å². The van der Waals surface area contributed by atoms with Gasteiger partial charge in [-0.2, -0.15) is 0 Å². The zero-order valence-electron chi connectivity index (χ0n) is 12.6. The van der Waals surface area contributed by atoms with Crippen LogP contribution in [0.1, 0.15) is 34.2 Å². The van der Waals surface area contributed by atoms with E-state index in [0.29, 0.717) is 18.7 Å². The molecule has 1 heterocycles. The number of carbonyl (C=O) groups is 1. The van der Waals surface area contributed by atoms with Crippen molar-refractivity contribution < 1.29 is 9.90 Å². The molecule has 110 valence electrons. The third kappa shape index (κ3) is 4.13. The fraction of sp³-hybridized carbons (Fsp3) is 0.294. The van der Waals surface area contributed by atoms with Crippen molar-refractivity contribution in [3.8, 4) is 5.75 Å². The first-order valence-electron chi connectivity index (χ1n) is 6.89. The van der Waals surface area contributed by atoms with Gasteiger partial charge in [0, 0.05) is 29.9 Å². The summed E-state index contributed by atoms with van der Waals surface area (Å²) in [7, 11) is 1.96. The minimum absolute atomic E-state index is 0.000691. The van der Waals surface area contributed by atoms with Crippen molar-refractivity contribution in [3.63, 3.8) is 0 Å². The van der Waals surface area contributed by atoms with Crippen molar-refractivity contribution >= 4 is 5.78 Å². The molecule has 2 aromatic rings. The molecule has 0 unspecified atom stereocenters. The molecule has 21 heavy (non-hydrogen) atoms. The highest BCUT2D eigenvalue weighted by Gasteiger charge is 2.09. The Morgan fingerprint density at radius 1 is 1.24 bits per heavy atom. The number of aromatic nitrogens is 1. The molecule has 4 heteroatoms. The molecule has 2 rings (SSSR count). The number of ketones is 1. The monoisotopic (exact) mass is 284 g/mol. The van der Waals surface area contributed by atoms with E-state index in [1.807, 2.05) is 32.2 Å². The van der Waals surface area contributed by atoms with E-state index in [4.69, 9.17) is 0 Å². The largest absolute Gasteiger partial charge is 0.508 e. The first-order chi connectivity index (χ1) is 9.95. The predicted octanol–water partition coefficient (Wildman–Crippen LogP) is 2.93. The second-order valence-electron chi connectivity index (χ2n) is 5.34.